The Kier molecular flexibility index (Phi) is 3.23. The van der Waals surface area contributed by atoms with Gasteiger partial charge >= 0.3 is 0 Å². The van der Waals surface area contributed by atoms with Crippen LogP contribution < -0.4 is 15.2 Å². The van der Waals surface area contributed by atoms with Gasteiger partial charge in [-0.15, -0.1) is 0 Å². The number of hydrogen-bond acceptors (Lipinski definition) is 5. The Morgan fingerprint density at radius 3 is 2.57 bits per heavy atom. The highest BCUT2D eigenvalue weighted by Crippen LogP contribution is 2.36. The molecule has 1 aliphatic heterocycles. The average Bonchev–Trinajstić information content (AvgIpc) is 2.80. The van der Waals surface area contributed by atoms with Crippen LogP contribution in [0, 0.1) is 0 Å². The molecule has 7 heteroatoms. The van der Waals surface area contributed by atoms with Gasteiger partial charge in [0, 0.05) is 17.3 Å². The van der Waals surface area contributed by atoms with Crippen LogP contribution in [-0.2, 0) is 10.0 Å². The molecular weight excluding hydrogens is 292 g/mol. The van der Waals surface area contributed by atoms with Gasteiger partial charge in [0.2, 0.25) is 10.0 Å². The van der Waals surface area contributed by atoms with Crippen molar-refractivity contribution in [3.05, 3.63) is 48.0 Å². The van der Waals surface area contributed by atoms with Crippen molar-refractivity contribution in [3.8, 4) is 11.5 Å². The van der Waals surface area contributed by atoms with Crippen LogP contribution >= 0.6 is 0 Å². The fourth-order valence-electron chi connectivity index (χ4n) is 2.26. The Morgan fingerprint density at radius 1 is 1.19 bits per heavy atom. The average molecular weight is 306 g/mol. The largest absolute Gasteiger partial charge is 0.508 e. The first-order valence-electron chi connectivity index (χ1n) is 6.28. The highest BCUT2D eigenvalue weighted by molar-refractivity contribution is 7.89. The molecule has 1 atom stereocenters. The number of anilines is 1. The molecule has 1 unspecified atom stereocenters. The number of phenolic OH excluding ortho intramolecular Hbond substituents is 1. The van der Waals surface area contributed by atoms with Gasteiger partial charge < -0.3 is 15.2 Å². The standard InChI is InChI=1S/C14H14N2O4S/c15-21(18,19)11-4-1-9(2-5-11)16-13-8-20-14-7-10(17)3-6-12(13)14/h1-7,13,16-17H,8H2,(H2,15,18,19). The summed E-state index contributed by atoms with van der Waals surface area (Å²) in [6.45, 7) is 0.440. The molecule has 1 heterocycles. The number of aromatic hydroxyl groups is 1. The first-order chi connectivity index (χ1) is 9.93. The molecule has 0 aliphatic carbocycles. The van der Waals surface area contributed by atoms with Crippen LogP contribution in [0.5, 0.6) is 11.5 Å². The van der Waals surface area contributed by atoms with E-state index in [1.165, 1.54) is 12.1 Å². The number of nitrogens with one attached hydrogen (secondary N) is 1. The second-order valence-corrected chi connectivity index (χ2v) is 6.36. The zero-order chi connectivity index (χ0) is 15.0. The first kappa shape index (κ1) is 13.7. The van der Waals surface area contributed by atoms with Gasteiger partial charge in [-0.2, -0.15) is 0 Å². The number of hydrogen-bond donors (Lipinski definition) is 3. The molecule has 6 nitrogen and oxygen atoms in total. The molecule has 110 valence electrons. The Labute approximate surface area is 122 Å². The van der Waals surface area contributed by atoms with E-state index in [9.17, 15) is 13.5 Å². The van der Waals surface area contributed by atoms with Crippen LogP contribution in [0.4, 0.5) is 5.69 Å². The van der Waals surface area contributed by atoms with Crippen LogP contribution in [0.15, 0.2) is 47.4 Å². The van der Waals surface area contributed by atoms with Crippen molar-refractivity contribution < 1.29 is 18.3 Å². The van der Waals surface area contributed by atoms with E-state index in [2.05, 4.69) is 5.32 Å². The minimum Gasteiger partial charge on any atom is -0.508 e. The zero-order valence-electron chi connectivity index (χ0n) is 11.0. The minimum absolute atomic E-state index is 0.0547. The summed E-state index contributed by atoms with van der Waals surface area (Å²) < 4.78 is 27.9. The van der Waals surface area contributed by atoms with Crippen molar-refractivity contribution in [2.24, 2.45) is 5.14 Å². The highest BCUT2D eigenvalue weighted by Gasteiger charge is 2.24. The SMILES string of the molecule is NS(=O)(=O)c1ccc(NC2COc3cc(O)ccc32)cc1. The molecule has 0 radical (unpaired) electrons. The third-order valence-electron chi connectivity index (χ3n) is 3.30. The quantitative estimate of drug-likeness (QED) is 0.799. The summed E-state index contributed by atoms with van der Waals surface area (Å²) in [6, 6.07) is 11.1. The van der Waals surface area contributed by atoms with Gasteiger partial charge in [0.05, 0.1) is 10.9 Å². The fraction of sp³-hybridized carbons (Fsp3) is 0.143. The molecule has 1 aliphatic rings. The molecule has 0 saturated carbocycles. The second-order valence-electron chi connectivity index (χ2n) is 4.80. The van der Waals surface area contributed by atoms with Crippen LogP contribution in [0.25, 0.3) is 0 Å². The monoisotopic (exact) mass is 306 g/mol. The fourth-order valence-corrected chi connectivity index (χ4v) is 2.78. The lowest BCUT2D eigenvalue weighted by Crippen LogP contribution is -2.13. The Bertz CT molecular complexity index is 772. The van der Waals surface area contributed by atoms with E-state index in [-0.39, 0.29) is 16.7 Å². The smallest absolute Gasteiger partial charge is 0.238 e. The number of benzene rings is 2. The summed E-state index contributed by atoms with van der Waals surface area (Å²) in [5, 5.41) is 17.7. The summed E-state index contributed by atoms with van der Waals surface area (Å²) in [5.74, 6) is 0.806. The summed E-state index contributed by atoms with van der Waals surface area (Å²) in [4.78, 5) is 0.0704. The maximum Gasteiger partial charge on any atom is 0.238 e. The molecule has 4 N–H and O–H groups in total. The Morgan fingerprint density at radius 2 is 1.90 bits per heavy atom. The van der Waals surface area contributed by atoms with Crippen LogP contribution in [0.3, 0.4) is 0 Å². The maximum absolute atomic E-state index is 11.2. The van der Waals surface area contributed by atoms with Gasteiger partial charge in [0.1, 0.15) is 18.1 Å². The third kappa shape index (κ3) is 2.79. The molecule has 0 amide bonds. The van der Waals surface area contributed by atoms with E-state index in [4.69, 9.17) is 9.88 Å². The van der Waals surface area contributed by atoms with E-state index >= 15 is 0 Å². The zero-order valence-corrected chi connectivity index (χ0v) is 11.8. The van der Waals surface area contributed by atoms with Gasteiger partial charge in [-0.25, -0.2) is 13.6 Å². The predicted molar refractivity (Wildman–Crippen MR) is 77.8 cm³/mol. The molecule has 21 heavy (non-hydrogen) atoms. The van der Waals surface area contributed by atoms with Crippen molar-refractivity contribution in [1.82, 2.24) is 0 Å². The van der Waals surface area contributed by atoms with E-state index < -0.39 is 10.0 Å². The molecule has 0 aromatic heterocycles. The molecule has 0 saturated heterocycles. The van der Waals surface area contributed by atoms with E-state index in [1.54, 1.807) is 30.3 Å². The molecular formula is C14H14N2O4S. The van der Waals surface area contributed by atoms with Crippen molar-refractivity contribution in [1.29, 1.82) is 0 Å². The number of sulfonamides is 1. The Balaban J connectivity index is 1.80. The number of primary sulfonamides is 1. The minimum atomic E-state index is -3.68. The maximum atomic E-state index is 11.2. The van der Waals surface area contributed by atoms with Gasteiger partial charge in [0.25, 0.3) is 0 Å². The van der Waals surface area contributed by atoms with E-state index in [0.717, 1.165) is 11.3 Å². The van der Waals surface area contributed by atoms with Gasteiger partial charge in [0.15, 0.2) is 0 Å². The topological polar surface area (TPSA) is 102 Å². The van der Waals surface area contributed by atoms with Crippen LogP contribution in [0.2, 0.25) is 0 Å². The second kappa shape index (κ2) is 4.94. The molecule has 0 spiro atoms. The Hall–Kier alpha value is -2.25. The molecule has 0 fully saturated rings. The van der Waals surface area contributed by atoms with E-state index in [0.29, 0.717) is 12.4 Å². The van der Waals surface area contributed by atoms with Crippen molar-refractivity contribution in [2.45, 2.75) is 10.9 Å². The normalized spacial score (nSPS) is 17.1. The summed E-state index contributed by atoms with van der Waals surface area (Å²) in [5.41, 5.74) is 1.71. The summed E-state index contributed by atoms with van der Waals surface area (Å²) in [7, 11) is -3.68. The lowest BCUT2D eigenvalue weighted by Gasteiger charge is -2.13. The van der Waals surface area contributed by atoms with Crippen molar-refractivity contribution >= 4 is 15.7 Å². The molecule has 2 aromatic carbocycles. The van der Waals surface area contributed by atoms with Gasteiger partial charge in [-0.1, -0.05) is 0 Å². The van der Waals surface area contributed by atoms with Crippen molar-refractivity contribution in [2.75, 3.05) is 11.9 Å². The summed E-state index contributed by atoms with van der Waals surface area (Å²) >= 11 is 0. The number of rotatable bonds is 3. The van der Waals surface area contributed by atoms with Crippen LogP contribution in [-0.4, -0.2) is 20.1 Å². The predicted octanol–water partition coefficient (Wildman–Crippen LogP) is 1.59. The van der Waals surface area contributed by atoms with E-state index in [1.807, 2.05) is 0 Å². The molecule has 0 bridgehead atoms. The molecule has 2 aromatic rings. The highest BCUT2D eigenvalue weighted by atomic mass is 32.2. The summed E-state index contributed by atoms with van der Waals surface area (Å²) in [6.07, 6.45) is 0. The third-order valence-corrected chi connectivity index (χ3v) is 4.23. The van der Waals surface area contributed by atoms with Crippen molar-refractivity contribution in [3.63, 3.8) is 0 Å². The van der Waals surface area contributed by atoms with Crippen LogP contribution in [0.1, 0.15) is 11.6 Å². The lowest BCUT2D eigenvalue weighted by molar-refractivity contribution is 0.338. The first-order valence-corrected chi connectivity index (χ1v) is 7.83. The van der Waals surface area contributed by atoms with Gasteiger partial charge in [-0.05, 0) is 36.4 Å². The van der Waals surface area contributed by atoms with Gasteiger partial charge in [-0.3, -0.25) is 0 Å². The number of fused-ring (bicyclic) bond motifs is 1. The number of nitrogens with two attached hydrogens (primary N) is 1. The number of ether oxygens (including phenoxy) is 1. The molecule has 3 rings (SSSR count). The lowest BCUT2D eigenvalue weighted by atomic mass is 10.1. The number of phenols is 1.